The Hall–Kier alpha value is -0.890. The Morgan fingerprint density at radius 3 is 2.80 bits per heavy atom. The standard InChI is InChI=1S/C13H18O2/c1-8-4-5-10-11(14)6-9(2)12(15)13(10,3)7-8/h4,6,10,12,15H,5,7H2,1-3H3/t10-,12+,13-/m0/s1. The highest BCUT2D eigenvalue weighted by Crippen LogP contribution is 2.48. The molecule has 3 atom stereocenters. The molecule has 0 spiro atoms. The van der Waals surface area contributed by atoms with Crippen molar-refractivity contribution in [1.82, 2.24) is 0 Å². The number of aliphatic hydroxyl groups is 1. The van der Waals surface area contributed by atoms with Gasteiger partial charge in [-0.25, -0.2) is 0 Å². The molecule has 0 radical (unpaired) electrons. The molecule has 0 aliphatic heterocycles. The van der Waals surface area contributed by atoms with Gasteiger partial charge in [-0.2, -0.15) is 0 Å². The van der Waals surface area contributed by atoms with Crippen LogP contribution in [-0.2, 0) is 4.79 Å². The number of allylic oxidation sites excluding steroid dienone is 3. The van der Waals surface area contributed by atoms with E-state index in [1.807, 2.05) is 13.8 Å². The van der Waals surface area contributed by atoms with Crippen LogP contribution in [0.1, 0.15) is 33.6 Å². The first-order chi connectivity index (χ1) is 6.95. The maximum atomic E-state index is 11.9. The Bertz CT molecular complexity index is 365. The zero-order valence-corrected chi connectivity index (χ0v) is 9.58. The average Bonchev–Trinajstić information content (AvgIpc) is 2.14. The van der Waals surface area contributed by atoms with Gasteiger partial charge in [0.05, 0.1) is 6.10 Å². The van der Waals surface area contributed by atoms with Crippen molar-refractivity contribution in [3.8, 4) is 0 Å². The third kappa shape index (κ3) is 1.48. The van der Waals surface area contributed by atoms with Gasteiger partial charge in [0, 0.05) is 11.3 Å². The number of rotatable bonds is 0. The lowest BCUT2D eigenvalue weighted by molar-refractivity contribution is -0.127. The summed E-state index contributed by atoms with van der Waals surface area (Å²) in [7, 11) is 0. The van der Waals surface area contributed by atoms with E-state index in [0.29, 0.717) is 0 Å². The van der Waals surface area contributed by atoms with E-state index >= 15 is 0 Å². The van der Waals surface area contributed by atoms with E-state index in [4.69, 9.17) is 0 Å². The van der Waals surface area contributed by atoms with E-state index < -0.39 is 6.10 Å². The van der Waals surface area contributed by atoms with Crippen LogP contribution in [0.3, 0.4) is 0 Å². The van der Waals surface area contributed by atoms with E-state index in [2.05, 4.69) is 13.0 Å². The number of carbonyl (C=O) groups excluding carboxylic acids is 1. The molecule has 0 aromatic rings. The molecule has 2 aliphatic rings. The zero-order chi connectivity index (χ0) is 11.2. The lowest BCUT2D eigenvalue weighted by Crippen LogP contribution is -2.47. The molecule has 0 aromatic heterocycles. The topological polar surface area (TPSA) is 37.3 Å². The van der Waals surface area contributed by atoms with Crippen molar-refractivity contribution in [1.29, 1.82) is 0 Å². The van der Waals surface area contributed by atoms with Gasteiger partial charge in [-0.3, -0.25) is 4.79 Å². The minimum atomic E-state index is -0.469. The van der Waals surface area contributed by atoms with Crippen LogP contribution < -0.4 is 0 Å². The van der Waals surface area contributed by atoms with Crippen LogP contribution in [0.15, 0.2) is 23.3 Å². The Balaban J connectivity index is 2.44. The SMILES string of the molecule is CC1=CC[C@H]2C(=O)C=C(C)[C@@H](O)[C@@]2(C)C1. The number of ketones is 1. The van der Waals surface area contributed by atoms with Gasteiger partial charge in [0.1, 0.15) is 0 Å². The van der Waals surface area contributed by atoms with Crippen LogP contribution in [-0.4, -0.2) is 17.0 Å². The molecule has 0 amide bonds. The maximum Gasteiger partial charge on any atom is 0.159 e. The van der Waals surface area contributed by atoms with Gasteiger partial charge in [-0.1, -0.05) is 18.6 Å². The van der Waals surface area contributed by atoms with Crippen LogP contribution in [0.2, 0.25) is 0 Å². The van der Waals surface area contributed by atoms with E-state index in [1.165, 1.54) is 5.57 Å². The first-order valence-electron chi connectivity index (χ1n) is 5.51. The molecule has 2 heteroatoms. The second-order valence-corrected chi connectivity index (χ2v) is 5.21. The van der Waals surface area contributed by atoms with E-state index in [-0.39, 0.29) is 17.1 Å². The van der Waals surface area contributed by atoms with Crippen molar-refractivity contribution in [2.75, 3.05) is 0 Å². The van der Waals surface area contributed by atoms with Crippen LogP contribution in [0.5, 0.6) is 0 Å². The minimum absolute atomic E-state index is 0.0279. The van der Waals surface area contributed by atoms with Gasteiger partial charge in [0.2, 0.25) is 0 Å². The van der Waals surface area contributed by atoms with Crippen LogP contribution in [0.25, 0.3) is 0 Å². The molecular weight excluding hydrogens is 188 g/mol. The number of carbonyl (C=O) groups is 1. The summed E-state index contributed by atoms with van der Waals surface area (Å²) >= 11 is 0. The number of hydrogen-bond acceptors (Lipinski definition) is 2. The largest absolute Gasteiger partial charge is 0.388 e. The van der Waals surface area contributed by atoms with Crippen molar-refractivity contribution in [3.63, 3.8) is 0 Å². The summed E-state index contributed by atoms with van der Waals surface area (Å²) in [6.45, 7) is 5.96. The lowest BCUT2D eigenvalue weighted by Gasteiger charge is -2.46. The van der Waals surface area contributed by atoms with Gasteiger partial charge >= 0.3 is 0 Å². The molecule has 0 unspecified atom stereocenters. The number of aliphatic hydroxyl groups excluding tert-OH is 1. The maximum absolute atomic E-state index is 11.9. The fraction of sp³-hybridized carbons (Fsp3) is 0.615. The molecule has 0 bridgehead atoms. The van der Waals surface area contributed by atoms with Crippen molar-refractivity contribution >= 4 is 5.78 Å². The molecular formula is C13H18O2. The van der Waals surface area contributed by atoms with E-state index in [1.54, 1.807) is 6.08 Å². The van der Waals surface area contributed by atoms with Gasteiger partial charge in [0.15, 0.2) is 5.78 Å². The van der Waals surface area contributed by atoms with Gasteiger partial charge < -0.3 is 5.11 Å². The molecule has 2 aliphatic carbocycles. The summed E-state index contributed by atoms with van der Waals surface area (Å²) in [6.07, 6.45) is 4.89. The fourth-order valence-corrected chi connectivity index (χ4v) is 3.04. The monoisotopic (exact) mass is 206 g/mol. The molecule has 2 nitrogen and oxygen atoms in total. The van der Waals surface area contributed by atoms with Gasteiger partial charge in [0.25, 0.3) is 0 Å². The third-order valence-corrected chi connectivity index (χ3v) is 3.93. The quantitative estimate of drug-likeness (QED) is 0.617. The Labute approximate surface area is 90.7 Å². The highest BCUT2D eigenvalue weighted by molar-refractivity contribution is 5.94. The second kappa shape index (κ2) is 3.31. The smallest absolute Gasteiger partial charge is 0.159 e. The van der Waals surface area contributed by atoms with Gasteiger partial charge in [-0.05, 0) is 38.3 Å². The molecule has 15 heavy (non-hydrogen) atoms. The van der Waals surface area contributed by atoms with Gasteiger partial charge in [-0.15, -0.1) is 0 Å². The molecule has 1 N–H and O–H groups in total. The second-order valence-electron chi connectivity index (χ2n) is 5.21. The highest BCUT2D eigenvalue weighted by Gasteiger charge is 2.48. The van der Waals surface area contributed by atoms with Crippen LogP contribution in [0.4, 0.5) is 0 Å². The summed E-state index contributed by atoms with van der Waals surface area (Å²) in [5, 5.41) is 10.2. The minimum Gasteiger partial charge on any atom is -0.388 e. The van der Waals surface area contributed by atoms with Crippen molar-refractivity contribution in [3.05, 3.63) is 23.3 Å². The van der Waals surface area contributed by atoms with Crippen LogP contribution in [0, 0.1) is 11.3 Å². The number of fused-ring (bicyclic) bond motifs is 1. The third-order valence-electron chi connectivity index (χ3n) is 3.93. The Kier molecular flexibility index (Phi) is 2.34. The summed E-state index contributed by atoms with van der Waals surface area (Å²) in [5.74, 6) is 0.156. The molecule has 2 rings (SSSR count). The van der Waals surface area contributed by atoms with Crippen molar-refractivity contribution < 1.29 is 9.90 Å². The summed E-state index contributed by atoms with van der Waals surface area (Å²) in [5.41, 5.74) is 1.82. The Morgan fingerprint density at radius 2 is 2.13 bits per heavy atom. The normalized spacial score (nSPS) is 40.7. The lowest BCUT2D eigenvalue weighted by atomic mass is 9.59. The predicted octanol–water partition coefficient (Wildman–Crippen LogP) is 2.24. The molecule has 82 valence electrons. The first-order valence-corrected chi connectivity index (χ1v) is 5.51. The molecule has 0 aromatic carbocycles. The first kappa shape index (κ1) is 10.6. The average molecular weight is 206 g/mol. The van der Waals surface area contributed by atoms with E-state index in [9.17, 15) is 9.90 Å². The highest BCUT2D eigenvalue weighted by atomic mass is 16.3. The van der Waals surface area contributed by atoms with E-state index in [0.717, 1.165) is 18.4 Å². The van der Waals surface area contributed by atoms with Crippen molar-refractivity contribution in [2.24, 2.45) is 11.3 Å². The summed E-state index contributed by atoms with van der Waals surface area (Å²) < 4.78 is 0. The Morgan fingerprint density at radius 1 is 1.47 bits per heavy atom. The molecule has 0 heterocycles. The molecule has 0 saturated carbocycles. The molecule has 0 saturated heterocycles. The van der Waals surface area contributed by atoms with Crippen LogP contribution >= 0.6 is 0 Å². The number of hydrogen-bond donors (Lipinski definition) is 1. The summed E-state index contributed by atoms with van der Waals surface area (Å²) in [6, 6.07) is 0. The fourth-order valence-electron chi connectivity index (χ4n) is 3.04. The molecule has 0 fully saturated rings. The predicted molar refractivity (Wildman–Crippen MR) is 59.4 cm³/mol. The summed E-state index contributed by atoms with van der Waals surface area (Å²) in [4.78, 5) is 11.9. The zero-order valence-electron chi connectivity index (χ0n) is 9.58. The van der Waals surface area contributed by atoms with Crippen molar-refractivity contribution in [2.45, 2.75) is 39.7 Å².